The van der Waals surface area contributed by atoms with Crippen molar-refractivity contribution in [2.24, 2.45) is 9.81 Å². The molecular weight excluding hydrogens is 402 g/mol. The van der Waals surface area contributed by atoms with Crippen LogP contribution in [-0.2, 0) is 22.5 Å². The maximum Gasteiger partial charge on any atom is 0.410 e. The molecule has 1 saturated heterocycles. The van der Waals surface area contributed by atoms with Crippen molar-refractivity contribution >= 4 is 23.2 Å². The third kappa shape index (κ3) is 4.75. The zero-order chi connectivity index (χ0) is 22.3. The summed E-state index contributed by atoms with van der Waals surface area (Å²) in [5.74, 6) is 0.563. The Hall–Kier alpha value is -1.80. The molecule has 1 aliphatic heterocycles. The molecule has 8 heteroatoms. The van der Waals surface area contributed by atoms with Gasteiger partial charge in [-0.2, -0.15) is 0 Å². The molecule has 0 aromatic carbocycles. The molecule has 1 aromatic rings. The van der Waals surface area contributed by atoms with Gasteiger partial charge in [0.15, 0.2) is 0 Å². The lowest BCUT2D eigenvalue weighted by atomic mass is 9.75. The van der Waals surface area contributed by atoms with Crippen LogP contribution in [-0.4, -0.2) is 56.8 Å². The third-order valence-corrected chi connectivity index (χ3v) is 6.93. The van der Waals surface area contributed by atoms with Gasteiger partial charge in [0, 0.05) is 36.3 Å². The van der Waals surface area contributed by atoms with Gasteiger partial charge in [0.05, 0.1) is 7.11 Å². The fourth-order valence-electron chi connectivity index (χ4n) is 3.90. The van der Waals surface area contributed by atoms with Gasteiger partial charge < -0.3 is 18.9 Å². The molecule has 166 valence electrons. The molecule has 1 atom stereocenters. The molecule has 0 N–H and O–H groups in total. The van der Waals surface area contributed by atoms with Crippen molar-refractivity contribution in [3.8, 4) is 5.88 Å². The summed E-state index contributed by atoms with van der Waals surface area (Å²) in [6.07, 6.45) is 3.76. The van der Waals surface area contributed by atoms with Gasteiger partial charge in [-0.15, -0.1) is 0 Å². The maximum absolute atomic E-state index is 12.9. The smallest absolute Gasteiger partial charge is 0.410 e. The lowest BCUT2D eigenvalue weighted by Gasteiger charge is -2.39. The van der Waals surface area contributed by atoms with E-state index in [1.807, 2.05) is 47.6 Å². The van der Waals surface area contributed by atoms with Gasteiger partial charge in [-0.1, -0.05) is 4.40 Å². The van der Waals surface area contributed by atoms with Crippen LogP contribution in [0, 0.1) is 5.41 Å². The minimum Gasteiger partial charge on any atom is -0.591 e. The fourth-order valence-corrected chi connectivity index (χ4v) is 4.64. The van der Waals surface area contributed by atoms with Crippen molar-refractivity contribution in [1.82, 2.24) is 9.88 Å². The topological polar surface area (TPSA) is 87.1 Å². The highest BCUT2D eigenvalue weighted by Crippen LogP contribution is 2.46. The van der Waals surface area contributed by atoms with Crippen molar-refractivity contribution in [1.29, 1.82) is 0 Å². The number of pyridine rings is 1. The Morgan fingerprint density at radius 3 is 2.40 bits per heavy atom. The Labute approximate surface area is 182 Å². The minimum absolute atomic E-state index is 0.254. The van der Waals surface area contributed by atoms with Crippen LogP contribution in [0.3, 0.4) is 0 Å². The first kappa shape index (κ1) is 22.9. The Bertz CT molecular complexity index is 834. The molecule has 0 saturated carbocycles. The number of carbonyl (C=O) groups is 1. The van der Waals surface area contributed by atoms with Crippen molar-refractivity contribution < 1.29 is 18.8 Å². The molecule has 2 aliphatic rings. The van der Waals surface area contributed by atoms with Gasteiger partial charge in [-0.05, 0) is 66.4 Å². The van der Waals surface area contributed by atoms with Crippen LogP contribution in [0.4, 0.5) is 4.79 Å². The summed E-state index contributed by atoms with van der Waals surface area (Å²) in [5.41, 5.74) is 2.13. The summed E-state index contributed by atoms with van der Waals surface area (Å²) in [6.45, 7) is 12.5. The van der Waals surface area contributed by atoms with Crippen LogP contribution in [0.25, 0.3) is 0 Å². The molecule has 2 heterocycles. The lowest BCUT2D eigenvalue weighted by molar-refractivity contribution is 0.0159. The highest BCUT2D eigenvalue weighted by Gasteiger charge is 2.48. The predicted octanol–water partition coefficient (Wildman–Crippen LogP) is 3.91. The Morgan fingerprint density at radius 2 is 1.87 bits per heavy atom. The van der Waals surface area contributed by atoms with E-state index in [9.17, 15) is 9.35 Å². The summed E-state index contributed by atoms with van der Waals surface area (Å²) in [6, 6.07) is 1.94. The highest BCUT2D eigenvalue weighted by atomic mass is 32.2. The number of nitrogens with zero attached hydrogens (tertiary/aromatic N) is 3. The van der Waals surface area contributed by atoms with E-state index >= 15 is 0 Å². The van der Waals surface area contributed by atoms with Crippen molar-refractivity contribution in [2.75, 3.05) is 20.2 Å². The molecule has 1 aromatic heterocycles. The number of amides is 1. The van der Waals surface area contributed by atoms with Crippen molar-refractivity contribution in [2.45, 2.75) is 71.2 Å². The molecule has 0 radical (unpaired) electrons. The number of carbonyl (C=O) groups excluding carboxylic acids is 1. The molecule has 1 spiro atoms. The van der Waals surface area contributed by atoms with E-state index in [1.165, 1.54) is 0 Å². The molecule has 30 heavy (non-hydrogen) atoms. The van der Waals surface area contributed by atoms with Gasteiger partial charge in [-0.3, -0.25) is 0 Å². The first-order chi connectivity index (χ1) is 13.8. The largest absolute Gasteiger partial charge is 0.591 e. The van der Waals surface area contributed by atoms with Crippen LogP contribution in [0.5, 0.6) is 5.88 Å². The fraction of sp³-hybridized carbons (Fsp3) is 0.682. The van der Waals surface area contributed by atoms with Crippen molar-refractivity contribution in [3.05, 3.63) is 23.4 Å². The summed E-state index contributed by atoms with van der Waals surface area (Å²) in [4.78, 5) is 18.6. The van der Waals surface area contributed by atoms with Crippen LogP contribution in [0.1, 0.15) is 65.5 Å². The zero-order valence-corrected chi connectivity index (χ0v) is 19.9. The number of hydrogen-bond acceptors (Lipinski definition) is 6. The van der Waals surface area contributed by atoms with Crippen molar-refractivity contribution in [3.63, 3.8) is 0 Å². The molecule has 1 amide bonds. The van der Waals surface area contributed by atoms with Crippen LogP contribution < -0.4 is 4.74 Å². The van der Waals surface area contributed by atoms with E-state index in [0.29, 0.717) is 19.0 Å². The SMILES string of the molecule is COc1cc2c(cn1)C(=N[S+]([O-])C(C)(C)C)C1(CCN(C(=O)OC(C)(C)C)CC1)C2. The predicted molar refractivity (Wildman–Crippen MR) is 118 cm³/mol. The second-order valence-electron chi connectivity index (χ2n) is 10.1. The normalized spacial score (nSPS) is 20.9. The molecule has 1 unspecified atom stereocenters. The monoisotopic (exact) mass is 435 g/mol. The van der Waals surface area contributed by atoms with E-state index < -0.39 is 21.7 Å². The van der Waals surface area contributed by atoms with E-state index in [1.54, 1.807) is 18.2 Å². The first-order valence-electron chi connectivity index (χ1n) is 10.4. The van der Waals surface area contributed by atoms with E-state index in [2.05, 4.69) is 4.98 Å². The van der Waals surface area contributed by atoms with Gasteiger partial charge in [-0.25, -0.2) is 9.78 Å². The summed E-state index contributed by atoms with van der Waals surface area (Å²) >= 11 is -1.38. The Balaban J connectivity index is 1.89. The van der Waals surface area contributed by atoms with Crippen LogP contribution in [0.15, 0.2) is 16.7 Å². The maximum atomic E-state index is 12.9. The third-order valence-electron chi connectivity index (χ3n) is 5.53. The molecule has 1 fully saturated rings. The number of likely N-dealkylation sites (tertiary alicyclic amines) is 1. The number of aromatic nitrogens is 1. The Morgan fingerprint density at radius 1 is 1.23 bits per heavy atom. The average Bonchev–Trinajstić information content (AvgIpc) is 2.92. The molecule has 0 bridgehead atoms. The van der Waals surface area contributed by atoms with Crippen LogP contribution in [0.2, 0.25) is 0 Å². The van der Waals surface area contributed by atoms with Gasteiger partial charge in [0.25, 0.3) is 0 Å². The number of fused-ring (bicyclic) bond motifs is 1. The molecule has 1 aliphatic carbocycles. The number of methoxy groups -OCH3 is 1. The summed E-state index contributed by atoms with van der Waals surface area (Å²) < 4.78 is 28.0. The second kappa shape index (κ2) is 8.04. The molecule has 3 rings (SSSR count). The van der Waals surface area contributed by atoms with Crippen LogP contribution >= 0.6 is 0 Å². The summed E-state index contributed by atoms with van der Waals surface area (Å²) in [7, 11) is 1.60. The number of rotatable bonds is 2. The standard InChI is InChI=1S/C22H33N3O4S/c1-20(2,3)29-19(26)25-10-8-22(9-11-25)13-15-12-17(28-7)23-14-16(15)18(22)24-30(27)21(4,5)6/h12,14H,8-11,13H2,1-7H3. The zero-order valence-electron chi connectivity index (χ0n) is 19.1. The van der Waals surface area contributed by atoms with E-state index in [0.717, 1.165) is 36.1 Å². The van der Waals surface area contributed by atoms with Gasteiger partial charge >= 0.3 is 6.09 Å². The molecular formula is C22H33N3O4S. The van der Waals surface area contributed by atoms with Gasteiger partial charge in [0.1, 0.15) is 27.4 Å². The van der Waals surface area contributed by atoms with E-state index in [-0.39, 0.29) is 11.5 Å². The van der Waals surface area contributed by atoms with Gasteiger partial charge in [0.2, 0.25) is 5.88 Å². The average molecular weight is 436 g/mol. The first-order valence-corrected chi connectivity index (χ1v) is 11.5. The molecule has 7 nitrogen and oxygen atoms in total. The Kier molecular flexibility index (Phi) is 6.13. The number of hydrogen-bond donors (Lipinski definition) is 0. The quantitative estimate of drug-likeness (QED) is 0.657. The lowest BCUT2D eigenvalue weighted by Crippen LogP contribution is -2.47. The second-order valence-corrected chi connectivity index (χ2v) is 12.0. The number of piperidine rings is 1. The number of ether oxygens (including phenoxy) is 2. The van der Waals surface area contributed by atoms with E-state index in [4.69, 9.17) is 13.9 Å². The highest BCUT2D eigenvalue weighted by molar-refractivity contribution is 7.91. The minimum atomic E-state index is -1.38. The summed E-state index contributed by atoms with van der Waals surface area (Å²) in [5, 5.41) is 0.